The van der Waals surface area contributed by atoms with Crippen molar-refractivity contribution in [1.82, 2.24) is 5.32 Å². The van der Waals surface area contributed by atoms with Crippen LogP contribution in [0.4, 0.5) is 0 Å². The Bertz CT molecular complexity index is 970. The van der Waals surface area contributed by atoms with Gasteiger partial charge in [0.15, 0.2) is 5.75 Å². The van der Waals surface area contributed by atoms with E-state index in [1.54, 1.807) is 12.1 Å². The number of nitrogens with one attached hydrogen (secondary N) is 1. The van der Waals surface area contributed by atoms with Crippen LogP contribution in [0.3, 0.4) is 0 Å². The Labute approximate surface area is 188 Å². The standard InChI is InChI=1S/C18H17BrCl2N2O5S/c1-23-17(24)18(22)7-9(18)8-27-14-3-2-11(6-15(14)29(25)26)28-16-12(20)4-10(19)5-13(16)21/h2-6,9H,7-8,22H2,1H3,(H,23,24)(H,25,26)/p-1. The van der Waals surface area contributed by atoms with E-state index < -0.39 is 16.6 Å². The Morgan fingerprint density at radius 2 is 2.03 bits per heavy atom. The van der Waals surface area contributed by atoms with E-state index in [1.807, 2.05) is 0 Å². The molecule has 0 heterocycles. The summed E-state index contributed by atoms with van der Waals surface area (Å²) in [6.45, 7) is 0.110. The lowest BCUT2D eigenvalue weighted by Crippen LogP contribution is -2.43. The number of benzene rings is 2. The van der Waals surface area contributed by atoms with Crippen LogP contribution in [0, 0.1) is 5.92 Å². The predicted octanol–water partition coefficient (Wildman–Crippen LogP) is 3.63. The van der Waals surface area contributed by atoms with Gasteiger partial charge < -0.3 is 25.1 Å². The number of ether oxygens (including phenoxy) is 2. The second-order valence-corrected chi connectivity index (χ2v) is 9.11. The Morgan fingerprint density at radius 3 is 2.62 bits per heavy atom. The molecule has 0 saturated heterocycles. The first-order valence-electron chi connectivity index (χ1n) is 8.35. The van der Waals surface area contributed by atoms with Crippen molar-refractivity contribution >= 4 is 56.1 Å². The molecule has 0 aliphatic heterocycles. The summed E-state index contributed by atoms with van der Waals surface area (Å²) in [5.41, 5.74) is 5.01. The second-order valence-electron chi connectivity index (χ2n) is 6.48. The molecule has 1 amide bonds. The van der Waals surface area contributed by atoms with E-state index in [2.05, 4.69) is 21.2 Å². The van der Waals surface area contributed by atoms with Crippen molar-refractivity contribution in [1.29, 1.82) is 0 Å². The Kier molecular flexibility index (Phi) is 6.77. The molecule has 0 radical (unpaired) electrons. The molecule has 7 nitrogen and oxygen atoms in total. The third-order valence-electron chi connectivity index (χ3n) is 4.52. The maximum Gasteiger partial charge on any atom is 0.240 e. The second kappa shape index (κ2) is 8.79. The SMILES string of the molecule is CNC(=O)C1(N)CC1COc1ccc(Oc2c(Cl)cc(Br)cc2Cl)cc1S(=O)[O-]. The molecule has 1 fully saturated rings. The zero-order valence-electron chi connectivity index (χ0n) is 15.0. The van der Waals surface area contributed by atoms with Crippen molar-refractivity contribution in [2.45, 2.75) is 16.9 Å². The van der Waals surface area contributed by atoms with E-state index in [1.165, 1.54) is 25.2 Å². The van der Waals surface area contributed by atoms with E-state index in [-0.39, 0.29) is 50.6 Å². The molecule has 0 spiro atoms. The van der Waals surface area contributed by atoms with Gasteiger partial charge in [0.05, 0.1) is 21.5 Å². The largest absolute Gasteiger partial charge is 0.768 e. The van der Waals surface area contributed by atoms with Crippen molar-refractivity contribution in [3.8, 4) is 17.2 Å². The van der Waals surface area contributed by atoms with Crippen molar-refractivity contribution in [2.75, 3.05) is 13.7 Å². The van der Waals surface area contributed by atoms with Gasteiger partial charge in [0, 0.05) is 17.4 Å². The molecule has 2 aromatic carbocycles. The van der Waals surface area contributed by atoms with Gasteiger partial charge in [-0.05, 0) is 47.8 Å². The molecule has 1 saturated carbocycles. The predicted molar refractivity (Wildman–Crippen MR) is 112 cm³/mol. The van der Waals surface area contributed by atoms with Gasteiger partial charge in [0.1, 0.15) is 17.0 Å². The molecule has 3 unspecified atom stereocenters. The summed E-state index contributed by atoms with van der Waals surface area (Å²) in [4.78, 5) is 11.7. The zero-order chi connectivity index (χ0) is 21.3. The summed E-state index contributed by atoms with van der Waals surface area (Å²) < 4.78 is 35.3. The highest BCUT2D eigenvalue weighted by Gasteiger charge is 2.57. The number of nitrogens with two attached hydrogens (primary N) is 1. The number of halogens is 3. The maximum absolute atomic E-state index is 11.8. The quantitative estimate of drug-likeness (QED) is 0.537. The van der Waals surface area contributed by atoms with Gasteiger partial charge in [-0.1, -0.05) is 39.1 Å². The zero-order valence-corrected chi connectivity index (χ0v) is 19.0. The van der Waals surface area contributed by atoms with Gasteiger partial charge in [-0.15, -0.1) is 0 Å². The number of carbonyl (C=O) groups is 1. The fourth-order valence-corrected chi connectivity index (χ4v) is 4.59. The van der Waals surface area contributed by atoms with Gasteiger partial charge in [0.25, 0.3) is 0 Å². The highest BCUT2D eigenvalue weighted by Crippen LogP contribution is 2.43. The van der Waals surface area contributed by atoms with Crippen LogP contribution in [0.25, 0.3) is 0 Å². The molecular formula is C18H16BrCl2N2O5S-. The summed E-state index contributed by atoms with van der Waals surface area (Å²) in [5, 5.41) is 3.03. The Morgan fingerprint density at radius 1 is 1.38 bits per heavy atom. The molecule has 29 heavy (non-hydrogen) atoms. The molecular weight excluding hydrogens is 507 g/mol. The first kappa shape index (κ1) is 22.3. The number of hydrogen-bond donors (Lipinski definition) is 2. The Hall–Kier alpha value is -1.36. The summed E-state index contributed by atoms with van der Waals surface area (Å²) >= 11 is 13.0. The summed E-state index contributed by atoms with van der Waals surface area (Å²) in [6, 6.07) is 7.50. The smallest absolute Gasteiger partial charge is 0.240 e. The van der Waals surface area contributed by atoms with E-state index in [0.29, 0.717) is 10.9 Å². The van der Waals surface area contributed by atoms with Crippen LogP contribution < -0.4 is 20.5 Å². The maximum atomic E-state index is 11.8. The average Bonchev–Trinajstić information content (AvgIpc) is 3.34. The van der Waals surface area contributed by atoms with Crippen molar-refractivity contribution in [3.05, 3.63) is 44.8 Å². The topological polar surface area (TPSA) is 114 Å². The van der Waals surface area contributed by atoms with Crippen LogP contribution in [0.15, 0.2) is 39.7 Å². The van der Waals surface area contributed by atoms with E-state index >= 15 is 0 Å². The van der Waals surface area contributed by atoms with Gasteiger partial charge in [-0.2, -0.15) is 0 Å². The van der Waals surface area contributed by atoms with E-state index in [9.17, 15) is 13.6 Å². The lowest BCUT2D eigenvalue weighted by Gasteiger charge is -2.17. The van der Waals surface area contributed by atoms with Crippen molar-refractivity contribution < 1.29 is 23.0 Å². The summed E-state index contributed by atoms with van der Waals surface area (Å²) in [5.74, 6) is 0.0687. The van der Waals surface area contributed by atoms with E-state index in [0.717, 1.165) is 0 Å². The monoisotopic (exact) mass is 521 g/mol. The lowest BCUT2D eigenvalue weighted by molar-refractivity contribution is -0.123. The number of likely N-dealkylation sites (N-methyl/N-ethyl adjacent to an activating group) is 1. The molecule has 156 valence electrons. The minimum atomic E-state index is -2.59. The molecule has 0 aromatic heterocycles. The van der Waals surface area contributed by atoms with Crippen LogP contribution in [-0.4, -0.2) is 33.9 Å². The lowest BCUT2D eigenvalue weighted by atomic mass is 10.2. The number of amides is 1. The molecule has 3 atom stereocenters. The normalized spacial score (nSPS) is 21.4. The third kappa shape index (κ3) is 4.87. The van der Waals surface area contributed by atoms with Gasteiger partial charge in [-0.3, -0.25) is 9.00 Å². The van der Waals surface area contributed by atoms with Crippen molar-refractivity contribution in [2.24, 2.45) is 11.7 Å². The molecule has 3 rings (SSSR count). The van der Waals surface area contributed by atoms with Gasteiger partial charge in [0.2, 0.25) is 5.91 Å². The first-order chi connectivity index (χ1) is 13.7. The fraction of sp³-hybridized carbons (Fsp3) is 0.278. The molecule has 0 bridgehead atoms. The Balaban J connectivity index is 1.76. The molecule has 1 aliphatic rings. The van der Waals surface area contributed by atoms with Crippen molar-refractivity contribution in [3.63, 3.8) is 0 Å². The van der Waals surface area contributed by atoms with Crippen LogP contribution in [-0.2, 0) is 15.9 Å². The highest BCUT2D eigenvalue weighted by atomic mass is 79.9. The number of hydrogen-bond acceptors (Lipinski definition) is 6. The van der Waals surface area contributed by atoms with Crippen LogP contribution in [0.2, 0.25) is 10.0 Å². The average molecular weight is 523 g/mol. The first-order valence-corrected chi connectivity index (χ1v) is 11.0. The summed E-state index contributed by atoms with van der Waals surface area (Å²) in [6.07, 6.45) is 0.463. The molecule has 2 aromatic rings. The van der Waals surface area contributed by atoms with Gasteiger partial charge >= 0.3 is 0 Å². The summed E-state index contributed by atoms with van der Waals surface area (Å²) in [7, 11) is 1.51. The number of rotatable bonds is 7. The molecule has 11 heteroatoms. The van der Waals surface area contributed by atoms with Crippen LogP contribution in [0.5, 0.6) is 17.2 Å². The third-order valence-corrected chi connectivity index (χ3v) is 6.22. The minimum Gasteiger partial charge on any atom is -0.768 e. The van der Waals surface area contributed by atoms with E-state index in [4.69, 9.17) is 38.4 Å². The molecule has 3 N–H and O–H groups in total. The minimum absolute atomic E-state index is 0.102. The van der Waals surface area contributed by atoms with Crippen LogP contribution >= 0.6 is 39.1 Å². The van der Waals surface area contributed by atoms with Crippen LogP contribution in [0.1, 0.15) is 6.42 Å². The van der Waals surface area contributed by atoms with Gasteiger partial charge in [-0.25, -0.2) is 0 Å². The number of carbonyl (C=O) groups excluding carboxylic acids is 1. The highest BCUT2D eigenvalue weighted by molar-refractivity contribution is 9.10. The fourth-order valence-electron chi connectivity index (χ4n) is 2.80. The molecule has 1 aliphatic carbocycles.